The fourth-order valence-corrected chi connectivity index (χ4v) is 1.91. The highest BCUT2D eigenvalue weighted by atomic mass is 16.5. The highest BCUT2D eigenvalue weighted by Crippen LogP contribution is 2.25. The number of nitrogens with zero attached hydrogens (tertiary/aromatic N) is 1. The number of benzene rings is 1. The molecule has 0 amide bonds. The van der Waals surface area contributed by atoms with Crippen LogP contribution in [-0.4, -0.2) is 18.1 Å². The zero-order valence-corrected chi connectivity index (χ0v) is 12.2. The van der Waals surface area contributed by atoms with Gasteiger partial charge in [-0.2, -0.15) is 0 Å². The first-order valence-electron chi connectivity index (χ1n) is 7.21. The van der Waals surface area contributed by atoms with Crippen LogP contribution in [0.4, 0.5) is 0 Å². The fraction of sp³-hybridized carbons (Fsp3) is 0.438. The molecule has 1 aromatic heterocycles. The van der Waals surface area contributed by atoms with E-state index in [9.17, 15) is 0 Å². The van der Waals surface area contributed by atoms with Gasteiger partial charge in [0.25, 0.3) is 0 Å². The molecule has 0 saturated heterocycles. The van der Waals surface area contributed by atoms with Crippen molar-refractivity contribution in [2.24, 2.45) is 0 Å². The van der Waals surface area contributed by atoms with Crippen molar-refractivity contribution in [2.75, 3.05) is 13.2 Å². The normalized spacial score (nSPS) is 10.7. The van der Waals surface area contributed by atoms with Crippen LogP contribution in [0.5, 0.6) is 5.75 Å². The summed E-state index contributed by atoms with van der Waals surface area (Å²) in [7, 11) is 0. The van der Waals surface area contributed by atoms with Crippen LogP contribution in [0.3, 0.4) is 0 Å². The van der Waals surface area contributed by atoms with Crippen LogP contribution in [-0.2, 0) is 6.54 Å². The van der Waals surface area contributed by atoms with E-state index in [4.69, 9.17) is 9.15 Å². The van der Waals surface area contributed by atoms with Crippen LogP contribution in [0.15, 0.2) is 35.1 Å². The van der Waals surface area contributed by atoms with E-state index in [-0.39, 0.29) is 0 Å². The first-order chi connectivity index (χ1) is 9.85. The molecule has 1 N–H and O–H groups in total. The molecule has 0 aliphatic carbocycles. The summed E-state index contributed by atoms with van der Waals surface area (Å²) in [4.78, 5) is 4.25. The number of aromatic nitrogens is 1. The van der Waals surface area contributed by atoms with Crippen molar-refractivity contribution in [1.29, 1.82) is 0 Å². The van der Waals surface area contributed by atoms with E-state index in [1.807, 2.05) is 24.3 Å². The monoisotopic (exact) mass is 274 g/mol. The predicted octanol–water partition coefficient (Wildman–Crippen LogP) is 3.63. The fourth-order valence-electron chi connectivity index (χ4n) is 1.91. The maximum absolute atomic E-state index is 5.66. The zero-order chi connectivity index (χ0) is 14.2. The van der Waals surface area contributed by atoms with E-state index in [0.717, 1.165) is 55.3 Å². The molecule has 4 nitrogen and oxygen atoms in total. The van der Waals surface area contributed by atoms with Gasteiger partial charge in [0, 0.05) is 12.1 Å². The molecule has 2 rings (SSSR count). The molecular weight excluding hydrogens is 252 g/mol. The van der Waals surface area contributed by atoms with E-state index in [1.165, 1.54) is 6.39 Å². The molecule has 0 bridgehead atoms. The summed E-state index contributed by atoms with van der Waals surface area (Å²) < 4.78 is 11.1. The maximum Gasteiger partial charge on any atom is 0.181 e. The Morgan fingerprint density at radius 2 is 2.00 bits per heavy atom. The molecule has 0 spiro atoms. The van der Waals surface area contributed by atoms with Crippen molar-refractivity contribution in [3.63, 3.8) is 0 Å². The summed E-state index contributed by atoms with van der Waals surface area (Å²) in [5.74, 6) is 1.72. The molecule has 0 saturated carbocycles. The van der Waals surface area contributed by atoms with Gasteiger partial charge >= 0.3 is 0 Å². The standard InChI is InChI=1S/C16H22N2O2/c1-3-5-10-19-14-8-6-13(7-9-14)16-15(11-17-4-2)18-12-20-16/h6-9,12,17H,3-5,10-11H2,1-2H3. The number of hydrogen-bond donors (Lipinski definition) is 1. The SMILES string of the molecule is CCCCOc1ccc(-c2ocnc2CNCC)cc1. The lowest BCUT2D eigenvalue weighted by Crippen LogP contribution is -2.12. The van der Waals surface area contributed by atoms with Crippen molar-refractivity contribution in [3.8, 4) is 17.1 Å². The largest absolute Gasteiger partial charge is 0.494 e. The lowest BCUT2D eigenvalue weighted by molar-refractivity contribution is 0.309. The number of nitrogens with one attached hydrogen (secondary N) is 1. The highest BCUT2D eigenvalue weighted by Gasteiger charge is 2.10. The Bertz CT molecular complexity index is 505. The average molecular weight is 274 g/mol. The predicted molar refractivity (Wildman–Crippen MR) is 79.7 cm³/mol. The molecule has 0 radical (unpaired) electrons. The van der Waals surface area contributed by atoms with Gasteiger partial charge in [-0.1, -0.05) is 20.3 Å². The number of rotatable bonds is 8. The molecule has 0 aliphatic heterocycles. The lowest BCUT2D eigenvalue weighted by atomic mass is 10.1. The van der Waals surface area contributed by atoms with Crippen molar-refractivity contribution in [1.82, 2.24) is 10.3 Å². The van der Waals surface area contributed by atoms with Crippen molar-refractivity contribution in [2.45, 2.75) is 33.2 Å². The van der Waals surface area contributed by atoms with E-state index < -0.39 is 0 Å². The van der Waals surface area contributed by atoms with Crippen LogP contribution < -0.4 is 10.1 Å². The van der Waals surface area contributed by atoms with E-state index in [1.54, 1.807) is 0 Å². The molecular formula is C16H22N2O2. The van der Waals surface area contributed by atoms with E-state index >= 15 is 0 Å². The van der Waals surface area contributed by atoms with Gasteiger partial charge < -0.3 is 14.5 Å². The highest BCUT2D eigenvalue weighted by molar-refractivity contribution is 5.60. The van der Waals surface area contributed by atoms with Gasteiger partial charge in [0.05, 0.1) is 6.61 Å². The van der Waals surface area contributed by atoms with E-state index in [2.05, 4.69) is 24.1 Å². The second kappa shape index (κ2) is 7.70. The lowest BCUT2D eigenvalue weighted by Gasteiger charge is -2.06. The van der Waals surface area contributed by atoms with Crippen LogP contribution in [0.25, 0.3) is 11.3 Å². The third-order valence-electron chi connectivity index (χ3n) is 3.07. The number of ether oxygens (including phenoxy) is 1. The van der Waals surface area contributed by atoms with Crippen molar-refractivity contribution in [3.05, 3.63) is 36.4 Å². The van der Waals surface area contributed by atoms with Gasteiger partial charge in [-0.15, -0.1) is 0 Å². The van der Waals surface area contributed by atoms with Gasteiger partial charge in [0.15, 0.2) is 12.2 Å². The smallest absolute Gasteiger partial charge is 0.181 e. The third kappa shape index (κ3) is 3.84. The second-order valence-electron chi connectivity index (χ2n) is 4.63. The Morgan fingerprint density at radius 1 is 1.20 bits per heavy atom. The number of hydrogen-bond acceptors (Lipinski definition) is 4. The van der Waals surface area contributed by atoms with Gasteiger partial charge in [0.1, 0.15) is 11.4 Å². The van der Waals surface area contributed by atoms with E-state index in [0.29, 0.717) is 0 Å². The third-order valence-corrected chi connectivity index (χ3v) is 3.07. The maximum atomic E-state index is 5.66. The second-order valence-corrected chi connectivity index (χ2v) is 4.63. The Hall–Kier alpha value is -1.81. The molecule has 0 aliphatic rings. The molecule has 4 heteroatoms. The van der Waals surface area contributed by atoms with Gasteiger partial charge in [0.2, 0.25) is 0 Å². The molecule has 108 valence electrons. The molecule has 2 aromatic rings. The Morgan fingerprint density at radius 3 is 2.70 bits per heavy atom. The molecule has 0 fully saturated rings. The van der Waals surface area contributed by atoms with Gasteiger partial charge in [-0.05, 0) is 37.2 Å². The van der Waals surface area contributed by atoms with Crippen LogP contribution >= 0.6 is 0 Å². The zero-order valence-electron chi connectivity index (χ0n) is 12.2. The summed E-state index contributed by atoms with van der Waals surface area (Å²) >= 11 is 0. The number of oxazole rings is 1. The van der Waals surface area contributed by atoms with Crippen LogP contribution in [0, 0.1) is 0 Å². The van der Waals surface area contributed by atoms with Crippen LogP contribution in [0.2, 0.25) is 0 Å². The van der Waals surface area contributed by atoms with Gasteiger partial charge in [-0.3, -0.25) is 0 Å². The minimum Gasteiger partial charge on any atom is -0.494 e. The van der Waals surface area contributed by atoms with Crippen molar-refractivity contribution < 1.29 is 9.15 Å². The minimum absolute atomic E-state index is 0.719. The topological polar surface area (TPSA) is 47.3 Å². The summed E-state index contributed by atoms with van der Waals surface area (Å²) in [6.45, 7) is 6.63. The summed E-state index contributed by atoms with van der Waals surface area (Å²) in [5.41, 5.74) is 1.96. The first kappa shape index (κ1) is 14.6. The Kier molecular flexibility index (Phi) is 5.62. The Labute approximate surface area is 120 Å². The number of unbranched alkanes of at least 4 members (excludes halogenated alkanes) is 1. The minimum atomic E-state index is 0.719. The molecule has 1 heterocycles. The molecule has 1 aromatic carbocycles. The van der Waals surface area contributed by atoms with Crippen molar-refractivity contribution >= 4 is 0 Å². The summed E-state index contributed by atoms with van der Waals surface area (Å²) in [5, 5.41) is 3.26. The molecule has 20 heavy (non-hydrogen) atoms. The first-order valence-corrected chi connectivity index (χ1v) is 7.21. The quantitative estimate of drug-likeness (QED) is 0.747. The average Bonchev–Trinajstić information content (AvgIpc) is 2.94. The molecule has 0 atom stereocenters. The van der Waals surface area contributed by atoms with Gasteiger partial charge in [-0.25, -0.2) is 4.98 Å². The summed E-state index contributed by atoms with van der Waals surface area (Å²) in [6, 6.07) is 7.98. The molecule has 0 unspecified atom stereocenters. The van der Waals surface area contributed by atoms with Crippen LogP contribution in [0.1, 0.15) is 32.4 Å². The Balaban J connectivity index is 2.04. The summed E-state index contributed by atoms with van der Waals surface area (Å²) in [6.07, 6.45) is 3.72.